The standard InChI is InChI=1S/C22H17S.C18H12F3S.C18H14FS.C18H14NS.C18H13O2S2/c1-3-11-20(12-4-1)23(21-13-5-2-6-14-21)22-16-15-18-9-7-8-10-19(18)17-22;19-13-1-7-16(8-2-13)22(17-9-3-14(20)4-10-17)18-11-5-15(21)6-12-18;19-15-11-13-18(14-12-15)20(16-7-3-1-4-8-16)17-9-5-2-6-10-17;1-2-8-14(9-3-1)20-17-12-6-4-10-15(17)19-16-11-5-7-13-18(16)20;19-22(20)17-12-6-4-10-15(17)21(14-8-2-1-3-9-14)16-11-5-7-13-18(16)22/h1-17H;1-12H;1-14H;1-13,19H;1-13H/q5*+1. The maximum absolute atomic E-state index is 13.2. The molecule has 107 heavy (non-hydrogen) atoms. The molecule has 0 unspecified atom stereocenters. The van der Waals surface area contributed by atoms with E-state index in [2.05, 4.69) is 224 Å². The number of rotatable bonds is 11. The predicted octanol–water partition coefficient (Wildman–Crippen LogP) is 24.8. The Morgan fingerprint density at radius 2 is 0.467 bits per heavy atom. The number of halogens is 4. The number of hydrogen-bond acceptors (Lipinski definition) is 3. The molecule has 2 heterocycles. The smallest absolute Gasteiger partial charge is 0.216 e. The van der Waals surface area contributed by atoms with Crippen molar-refractivity contribution >= 4 is 86.5 Å². The van der Waals surface area contributed by atoms with Crippen LogP contribution in [0.4, 0.5) is 28.9 Å². The summed E-state index contributed by atoms with van der Waals surface area (Å²) in [5.74, 6) is -1.14. The molecule has 0 fully saturated rings. The Bertz CT molecular complexity index is 5400. The lowest BCUT2D eigenvalue weighted by atomic mass is 10.1. The van der Waals surface area contributed by atoms with E-state index in [4.69, 9.17) is 0 Å². The van der Waals surface area contributed by atoms with E-state index in [0.29, 0.717) is 9.79 Å². The number of nitrogens with one attached hydrogen (secondary N) is 1. The van der Waals surface area contributed by atoms with E-state index in [1.165, 1.54) is 110 Å². The van der Waals surface area contributed by atoms with E-state index in [0.717, 1.165) is 34.3 Å². The summed E-state index contributed by atoms with van der Waals surface area (Å²) in [6.45, 7) is 0. The highest BCUT2D eigenvalue weighted by molar-refractivity contribution is 8.01. The topological polar surface area (TPSA) is 46.2 Å². The maximum atomic E-state index is 13.2. The molecule has 0 bridgehead atoms. The fraction of sp³-hybridized carbons (Fsp3) is 0. The summed E-state index contributed by atoms with van der Waals surface area (Å²) in [4.78, 5) is 18.2. The van der Waals surface area contributed by atoms with Gasteiger partial charge in [-0.05, 0) is 241 Å². The molecule has 0 saturated carbocycles. The van der Waals surface area contributed by atoms with Crippen molar-refractivity contribution in [3.05, 3.63) is 442 Å². The van der Waals surface area contributed by atoms with Gasteiger partial charge in [-0.1, -0.05) is 182 Å². The second-order valence-corrected chi connectivity index (χ2v) is 36.1. The fourth-order valence-corrected chi connectivity index (χ4v) is 25.6. The highest BCUT2D eigenvalue weighted by atomic mass is 32.2. The van der Waals surface area contributed by atoms with E-state index >= 15 is 0 Å². The predicted molar refractivity (Wildman–Crippen MR) is 434 cm³/mol. The molecule has 0 atom stereocenters. The Morgan fingerprint density at radius 3 is 0.813 bits per heavy atom. The summed E-state index contributed by atoms with van der Waals surface area (Å²) in [6.07, 6.45) is 0. The lowest BCUT2D eigenvalue weighted by Crippen LogP contribution is -2.20. The third-order valence-corrected chi connectivity index (χ3v) is 30.7. The van der Waals surface area contributed by atoms with Gasteiger partial charge in [0.05, 0.1) is 44.1 Å². The van der Waals surface area contributed by atoms with Crippen LogP contribution in [0.1, 0.15) is 0 Å². The number of benzene rings is 16. The first-order chi connectivity index (χ1) is 52.5. The Balaban J connectivity index is 0.000000112. The van der Waals surface area contributed by atoms with Gasteiger partial charge in [-0.2, -0.15) is 0 Å². The van der Waals surface area contributed by atoms with Gasteiger partial charge < -0.3 is 5.32 Å². The molecule has 3 nitrogen and oxygen atoms in total. The minimum atomic E-state index is -3.44. The molecule has 2 aliphatic rings. The van der Waals surface area contributed by atoms with Gasteiger partial charge in [0.1, 0.15) is 54.8 Å². The van der Waals surface area contributed by atoms with Gasteiger partial charge in [0.25, 0.3) is 0 Å². The van der Waals surface area contributed by atoms with Crippen molar-refractivity contribution in [2.24, 2.45) is 0 Å². The van der Waals surface area contributed by atoms with E-state index in [9.17, 15) is 26.0 Å². The van der Waals surface area contributed by atoms with Crippen LogP contribution in [0.5, 0.6) is 0 Å². The van der Waals surface area contributed by atoms with Crippen LogP contribution in [-0.2, 0) is 64.3 Å². The molecule has 522 valence electrons. The van der Waals surface area contributed by atoms with Crippen molar-refractivity contribution in [2.45, 2.75) is 83.2 Å². The van der Waals surface area contributed by atoms with Gasteiger partial charge in [-0.3, -0.25) is 0 Å². The number of para-hydroxylation sites is 2. The van der Waals surface area contributed by atoms with Crippen LogP contribution in [0.3, 0.4) is 0 Å². The molecule has 0 amide bonds. The molecule has 0 spiro atoms. The first-order valence-electron chi connectivity index (χ1n) is 34.4. The number of hydrogen-bond donors (Lipinski definition) is 1. The lowest BCUT2D eigenvalue weighted by Gasteiger charge is -2.20. The minimum absolute atomic E-state index is 0.0204. The second kappa shape index (κ2) is 34.9. The largest absolute Gasteiger partial charge is 0.347 e. The highest BCUT2D eigenvalue weighted by Gasteiger charge is 2.45. The van der Waals surface area contributed by atoms with E-state index < -0.39 is 20.7 Å². The Labute approximate surface area is 637 Å². The lowest BCUT2D eigenvalue weighted by molar-refractivity contribution is 0.590. The minimum Gasteiger partial charge on any atom is -0.347 e. The molecule has 2 aliphatic heterocycles. The zero-order valence-corrected chi connectivity index (χ0v) is 62.5. The monoisotopic (exact) mass is 1510 g/mol. The number of anilines is 2. The number of fused-ring (bicyclic) bond motifs is 5. The van der Waals surface area contributed by atoms with Crippen molar-refractivity contribution in [1.82, 2.24) is 0 Å². The average molecular weight is 1510 g/mol. The summed E-state index contributed by atoms with van der Waals surface area (Å²) in [6, 6.07) is 136. The molecule has 16 aromatic carbocycles. The average Bonchev–Trinajstić information content (AvgIpc) is 0.727. The summed E-state index contributed by atoms with van der Waals surface area (Å²) >= 11 is 0. The quantitative estimate of drug-likeness (QED) is 0.104. The summed E-state index contributed by atoms with van der Waals surface area (Å²) in [5.41, 5.74) is 2.44. The van der Waals surface area contributed by atoms with Crippen LogP contribution in [0.25, 0.3) is 10.8 Å². The summed E-state index contributed by atoms with van der Waals surface area (Å²) in [5, 5.41) is 6.14. The Morgan fingerprint density at radius 1 is 0.224 bits per heavy atom. The van der Waals surface area contributed by atoms with Crippen molar-refractivity contribution in [3.8, 4) is 0 Å². The zero-order valence-electron chi connectivity index (χ0n) is 57.6. The molecule has 0 aliphatic carbocycles. The van der Waals surface area contributed by atoms with E-state index in [1.807, 2.05) is 91.0 Å². The highest BCUT2D eigenvalue weighted by Crippen LogP contribution is 2.46. The van der Waals surface area contributed by atoms with Crippen LogP contribution in [0.15, 0.2) is 502 Å². The van der Waals surface area contributed by atoms with E-state index in [-0.39, 0.29) is 66.8 Å². The molecule has 1 N–H and O–H groups in total. The van der Waals surface area contributed by atoms with Crippen molar-refractivity contribution in [3.63, 3.8) is 0 Å². The molecule has 16 aromatic rings. The third-order valence-electron chi connectivity index (χ3n) is 17.2. The van der Waals surface area contributed by atoms with E-state index in [1.54, 1.807) is 60.7 Å². The van der Waals surface area contributed by atoms with Crippen LogP contribution in [-0.4, -0.2) is 8.42 Å². The Hall–Kier alpha value is -11.0. The molecular weight excluding hydrogens is 1440 g/mol. The van der Waals surface area contributed by atoms with Crippen LogP contribution in [0.2, 0.25) is 0 Å². The molecule has 0 saturated heterocycles. The van der Waals surface area contributed by atoms with Crippen molar-refractivity contribution < 1.29 is 26.0 Å². The summed E-state index contributed by atoms with van der Waals surface area (Å²) in [7, 11) is -4.64. The van der Waals surface area contributed by atoms with Crippen LogP contribution < -0.4 is 5.32 Å². The first-order valence-corrected chi connectivity index (χ1v) is 42.0. The van der Waals surface area contributed by atoms with Gasteiger partial charge >= 0.3 is 0 Å². The number of sulfone groups is 1. The van der Waals surface area contributed by atoms with Gasteiger partial charge in [0.15, 0.2) is 73.4 Å². The molecule has 0 radical (unpaired) electrons. The summed E-state index contributed by atoms with van der Waals surface area (Å²) < 4.78 is 78.4. The van der Waals surface area contributed by atoms with Gasteiger partial charge in [0.2, 0.25) is 9.84 Å². The third kappa shape index (κ3) is 17.4. The van der Waals surface area contributed by atoms with Crippen LogP contribution >= 0.6 is 0 Å². The molecule has 13 heteroatoms. The van der Waals surface area contributed by atoms with Gasteiger partial charge in [-0.25, -0.2) is 26.0 Å². The maximum Gasteiger partial charge on any atom is 0.216 e. The van der Waals surface area contributed by atoms with Crippen molar-refractivity contribution in [2.75, 3.05) is 5.32 Å². The van der Waals surface area contributed by atoms with Gasteiger partial charge in [-0.15, -0.1) is 0 Å². The van der Waals surface area contributed by atoms with Gasteiger partial charge in [0, 0.05) is 6.07 Å². The second-order valence-electron chi connectivity index (χ2n) is 24.2. The molecule has 0 aromatic heterocycles. The zero-order chi connectivity index (χ0) is 73.3. The molecule has 18 rings (SSSR count). The Kier molecular flexibility index (Phi) is 23.8. The normalized spacial score (nSPS) is 12.3. The molecular formula is C94H70F4NO2S6+5. The SMILES string of the molecule is Fc1ccc([S+](c2ccc(F)cc2)c2ccc(F)cc2)cc1.Fc1ccc([S+](c2ccccc2)c2ccccc2)cc1.O=S1(=O)c2ccccc2[S+](c2ccccc2)c2ccccc21.c1ccc([S+](c2ccccc2)c2ccc3ccccc3c2)cc1.c1ccc([S+]2c3ccccc3Nc3ccccc32)cc1. The fourth-order valence-electron chi connectivity index (χ4n) is 12.3. The van der Waals surface area contributed by atoms with Crippen LogP contribution in [0, 0.1) is 23.3 Å². The first kappa shape index (κ1) is 72.9. The van der Waals surface area contributed by atoms with Crippen molar-refractivity contribution in [1.29, 1.82) is 0 Å².